The van der Waals surface area contributed by atoms with Crippen LogP contribution in [0, 0.1) is 5.92 Å². The lowest BCUT2D eigenvalue weighted by Gasteiger charge is -2.24. The zero-order valence-corrected chi connectivity index (χ0v) is 19.6. The van der Waals surface area contributed by atoms with Crippen LogP contribution in [0.15, 0.2) is 48.5 Å². The molecule has 0 aromatic heterocycles. The van der Waals surface area contributed by atoms with E-state index in [2.05, 4.69) is 16.1 Å². The first-order valence-electron chi connectivity index (χ1n) is 11.4. The Kier molecular flexibility index (Phi) is 6.74. The van der Waals surface area contributed by atoms with Gasteiger partial charge in [0.05, 0.1) is 19.8 Å². The van der Waals surface area contributed by atoms with Crippen LogP contribution >= 0.6 is 0 Å². The van der Waals surface area contributed by atoms with Gasteiger partial charge in [0.25, 0.3) is 11.8 Å². The SMILES string of the molecule is CC(C)C(NCC(=O)NN1C(=O)NC(C)(c2ccccc2)C1=O)c1ccc2c(c1)OCCCO2. The van der Waals surface area contributed by atoms with E-state index in [0.29, 0.717) is 30.3 Å². The van der Waals surface area contributed by atoms with Gasteiger partial charge < -0.3 is 20.1 Å². The largest absolute Gasteiger partial charge is 0.490 e. The first-order valence-corrected chi connectivity index (χ1v) is 11.4. The first kappa shape index (κ1) is 23.6. The molecule has 0 aliphatic carbocycles. The molecule has 1 fully saturated rings. The van der Waals surface area contributed by atoms with Gasteiger partial charge in [-0.2, -0.15) is 5.01 Å². The molecule has 2 aromatic carbocycles. The van der Waals surface area contributed by atoms with Crippen LogP contribution in [0.1, 0.15) is 44.4 Å². The Balaban J connectivity index is 1.41. The normalized spacial score (nSPS) is 20.6. The lowest BCUT2D eigenvalue weighted by molar-refractivity contribution is -0.138. The Hall–Kier alpha value is -3.59. The molecule has 0 bridgehead atoms. The fourth-order valence-corrected chi connectivity index (χ4v) is 4.19. The summed E-state index contributed by atoms with van der Waals surface area (Å²) < 4.78 is 11.5. The fourth-order valence-electron chi connectivity index (χ4n) is 4.19. The number of carbonyl (C=O) groups is 3. The zero-order chi connectivity index (χ0) is 24.3. The smallest absolute Gasteiger partial charge is 0.344 e. The minimum atomic E-state index is -1.25. The average Bonchev–Trinajstić information content (AvgIpc) is 2.98. The van der Waals surface area contributed by atoms with Gasteiger partial charge in [0.2, 0.25) is 0 Å². The maximum Gasteiger partial charge on any atom is 0.344 e. The quantitative estimate of drug-likeness (QED) is 0.542. The van der Waals surface area contributed by atoms with Gasteiger partial charge in [-0.1, -0.05) is 50.2 Å². The van der Waals surface area contributed by atoms with E-state index in [1.807, 2.05) is 38.1 Å². The summed E-state index contributed by atoms with van der Waals surface area (Å²) in [5.41, 5.74) is 2.78. The van der Waals surface area contributed by atoms with E-state index >= 15 is 0 Å². The van der Waals surface area contributed by atoms with Crippen molar-refractivity contribution in [2.45, 2.75) is 38.8 Å². The van der Waals surface area contributed by atoms with Crippen molar-refractivity contribution in [1.82, 2.24) is 21.1 Å². The minimum Gasteiger partial charge on any atom is -0.490 e. The van der Waals surface area contributed by atoms with E-state index in [0.717, 1.165) is 17.0 Å². The molecule has 4 amide bonds. The Morgan fingerprint density at radius 3 is 2.50 bits per heavy atom. The Morgan fingerprint density at radius 1 is 1.09 bits per heavy atom. The molecule has 180 valence electrons. The summed E-state index contributed by atoms with van der Waals surface area (Å²) in [6, 6.07) is 13.9. The van der Waals surface area contributed by atoms with E-state index in [1.165, 1.54) is 0 Å². The molecule has 2 heterocycles. The third kappa shape index (κ3) is 4.70. The van der Waals surface area contributed by atoms with Crippen LogP contribution in [-0.2, 0) is 15.1 Å². The molecular formula is C25H30N4O5. The van der Waals surface area contributed by atoms with E-state index in [4.69, 9.17) is 9.47 Å². The highest BCUT2D eigenvalue weighted by Gasteiger charge is 2.49. The van der Waals surface area contributed by atoms with Gasteiger partial charge in [0.1, 0.15) is 5.54 Å². The molecule has 34 heavy (non-hydrogen) atoms. The third-order valence-corrected chi connectivity index (χ3v) is 6.06. The average molecular weight is 467 g/mol. The summed E-state index contributed by atoms with van der Waals surface area (Å²) in [4.78, 5) is 38.1. The lowest BCUT2D eigenvalue weighted by Crippen LogP contribution is -2.50. The molecule has 0 spiro atoms. The number of amides is 4. The number of nitrogens with one attached hydrogen (secondary N) is 3. The highest BCUT2D eigenvalue weighted by molar-refractivity contribution is 6.08. The van der Waals surface area contributed by atoms with Crippen LogP contribution in [0.2, 0.25) is 0 Å². The van der Waals surface area contributed by atoms with E-state index in [9.17, 15) is 14.4 Å². The second-order valence-electron chi connectivity index (χ2n) is 8.96. The Labute approximate surface area is 198 Å². The second-order valence-corrected chi connectivity index (χ2v) is 8.96. The molecule has 0 saturated carbocycles. The summed E-state index contributed by atoms with van der Waals surface area (Å²) in [7, 11) is 0. The van der Waals surface area contributed by atoms with E-state index in [1.54, 1.807) is 31.2 Å². The van der Waals surface area contributed by atoms with Crippen molar-refractivity contribution >= 4 is 17.8 Å². The van der Waals surface area contributed by atoms with Crippen molar-refractivity contribution in [3.63, 3.8) is 0 Å². The molecule has 4 rings (SSSR count). The molecule has 9 nitrogen and oxygen atoms in total. The van der Waals surface area contributed by atoms with E-state index in [-0.39, 0.29) is 18.5 Å². The molecule has 1 saturated heterocycles. The molecule has 9 heteroatoms. The van der Waals surface area contributed by atoms with E-state index < -0.39 is 23.4 Å². The van der Waals surface area contributed by atoms with Crippen LogP contribution in [0.25, 0.3) is 0 Å². The van der Waals surface area contributed by atoms with Crippen molar-refractivity contribution in [2.75, 3.05) is 19.8 Å². The third-order valence-electron chi connectivity index (χ3n) is 6.06. The number of hydrogen-bond acceptors (Lipinski definition) is 6. The van der Waals surface area contributed by atoms with Gasteiger partial charge in [-0.25, -0.2) is 4.79 Å². The van der Waals surface area contributed by atoms with Gasteiger partial charge in [-0.3, -0.25) is 15.0 Å². The molecule has 2 aromatic rings. The summed E-state index contributed by atoms with van der Waals surface area (Å²) in [5, 5.41) is 6.65. The van der Waals surface area contributed by atoms with Gasteiger partial charge >= 0.3 is 6.03 Å². The van der Waals surface area contributed by atoms with Crippen molar-refractivity contribution in [2.24, 2.45) is 5.92 Å². The lowest BCUT2D eigenvalue weighted by atomic mass is 9.92. The van der Waals surface area contributed by atoms with Crippen LogP contribution < -0.4 is 25.5 Å². The maximum absolute atomic E-state index is 13.0. The van der Waals surface area contributed by atoms with Crippen LogP contribution in [-0.4, -0.2) is 42.6 Å². The zero-order valence-electron chi connectivity index (χ0n) is 19.6. The maximum atomic E-state index is 13.0. The summed E-state index contributed by atoms with van der Waals surface area (Å²) in [6.07, 6.45) is 0.822. The van der Waals surface area contributed by atoms with Gasteiger partial charge in [0, 0.05) is 12.5 Å². The number of rotatable bonds is 7. The Bertz CT molecular complexity index is 1070. The summed E-state index contributed by atoms with van der Waals surface area (Å²) >= 11 is 0. The number of imide groups is 1. The minimum absolute atomic E-state index is 0.0869. The highest BCUT2D eigenvalue weighted by Crippen LogP contribution is 2.34. The summed E-state index contributed by atoms with van der Waals surface area (Å²) in [6.45, 7) is 6.82. The predicted octanol–water partition coefficient (Wildman–Crippen LogP) is 2.63. The van der Waals surface area contributed by atoms with Crippen molar-refractivity contribution < 1.29 is 23.9 Å². The number of urea groups is 1. The Morgan fingerprint density at radius 2 is 1.79 bits per heavy atom. The number of ether oxygens (including phenoxy) is 2. The monoisotopic (exact) mass is 466 g/mol. The standard InChI is InChI=1S/C25H30N4O5/c1-16(2)22(17-10-11-19-20(14-17)34-13-7-12-33-19)26-15-21(30)28-29-23(31)25(3,27-24(29)32)18-8-5-4-6-9-18/h4-6,8-11,14,16,22,26H,7,12-13,15H2,1-3H3,(H,27,32)(H,28,30). The van der Waals surface area contributed by atoms with Crippen molar-refractivity contribution in [3.05, 3.63) is 59.7 Å². The second kappa shape index (κ2) is 9.72. The number of carbonyl (C=O) groups excluding carboxylic acids is 3. The van der Waals surface area contributed by atoms with Crippen molar-refractivity contribution in [3.8, 4) is 11.5 Å². The van der Waals surface area contributed by atoms with Gasteiger partial charge in [-0.05, 0) is 36.1 Å². The van der Waals surface area contributed by atoms with Crippen molar-refractivity contribution in [1.29, 1.82) is 0 Å². The van der Waals surface area contributed by atoms with Gasteiger partial charge in [0.15, 0.2) is 11.5 Å². The number of hydrazine groups is 1. The van der Waals surface area contributed by atoms with Crippen LogP contribution in [0.5, 0.6) is 11.5 Å². The topological polar surface area (TPSA) is 109 Å². The van der Waals surface area contributed by atoms with Gasteiger partial charge in [-0.15, -0.1) is 0 Å². The summed E-state index contributed by atoms with van der Waals surface area (Å²) in [5.74, 6) is 0.518. The molecule has 2 aliphatic heterocycles. The molecule has 3 N–H and O–H groups in total. The highest BCUT2D eigenvalue weighted by atomic mass is 16.5. The van der Waals surface area contributed by atoms with Crippen LogP contribution in [0.4, 0.5) is 4.79 Å². The first-order chi connectivity index (χ1) is 16.3. The molecule has 2 atom stereocenters. The number of fused-ring (bicyclic) bond motifs is 1. The molecule has 0 radical (unpaired) electrons. The number of hydrogen-bond donors (Lipinski definition) is 3. The molecule has 2 aliphatic rings. The predicted molar refractivity (Wildman–Crippen MR) is 125 cm³/mol. The number of benzene rings is 2. The fraction of sp³-hybridized carbons (Fsp3) is 0.400. The molecular weight excluding hydrogens is 436 g/mol. The number of nitrogens with zero attached hydrogens (tertiary/aromatic N) is 1. The molecule has 2 unspecified atom stereocenters. The van der Waals surface area contributed by atoms with Crippen LogP contribution in [0.3, 0.4) is 0 Å².